The Morgan fingerprint density at radius 3 is 2.83 bits per heavy atom. The van der Waals surface area contributed by atoms with Crippen LogP contribution in [0.4, 0.5) is 0 Å². The fraction of sp³-hybridized carbons (Fsp3) is 0.167. The predicted octanol–water partition coefficient (Wildman–Crippen LogP) is 3.32. The summed E-state index contributed by atoms with van der Waals surface area (Å²) in [4.78, 5) is 0. The molecular formula is C12H12. The van der Waals surface area contributed by atoms with Crippen LogP contribution in [-0.2, 0) is 0 Å². The maximum atomic E-state index is 2.28. The Morgan fingerprint density at radius 2 is 2.00 bits per heavy atom. The third-order valence-electron chi connectivity index (χ3n) is 2.14. The highest BCUT2D eigenvalue weighted by atomic mass is 14.1. The molecule has 0 N–H and O–H groups in total. The molecule has 12 heavy (non-hydrogen) atoms. The van der Waals surface area contributed by atoms with Crippen LogP contribution in [0.15, 0.2) is 59.8 Å². The van der Waals surface area contributed by atoms with Gasteiger partial charge in [0.15, 0.2) is 0 Å². The second-order valence-electron chi connectivity index (χ2n) is 3.01. The molecule has 0 aromatic rings. The average Bonchev–Trinajstić information content (AvgIpc) is 2.48. The number of rotatable bonds is 1. The van der Waals surface area contributed by atoms with Crippen molar-refractivity contribution in [2.75, 3.05) is 0 Å². The molecule has 0 aromatic carbocycles. The molecule has 0 saturated carbocycles. The van der Waals surface area contributed by atoms with Crippen molar-refractivity contribution >= 4 is 0 Å². The molecule has 2 aliphatic rings. The van der Waals surface area contributed by atoms with Gasteiger partial charge in [0.05, 0.1) is 0 Å². The van der Waals surface area contributed by atoms with Gasteiger partial charge >= 0.3 is 0 Å². The Bertz CT molecular complexity index is 309. The number of hydrogen-bond donors (Lipinski definition) is 0. The van der Waals surface area contributed by atoms with Crippen molar-refractivity contribution in [1.29, 1.82) is 0 Å². The number of allylic oxidation sites excluding steroid dienone is 10. The first-order valence-electron chi connectivity index (χ1n) is 4.36. The van der Waals surface area contributed by atoms with Gasteiger partial charge in [-0.15, -0.1) is 0 Å². The van der Waals surface area contributed by atoms with Gasteiger partial charge in [-0.1, -0.05) is 48.6 Å². The minimum atomic E-state index is 1.06. The quantitative estimate of drug-likeness (QED) is 0.546. The molecule has 2 aliphatic carbocycles. The van der Waals surface area contributed by atoms with E-state index in [0.29, 0.717) is 0 Å². The van der Waals surface area contributed by atoms with E-state index >= 15 is 0 Å². The molecule has 0 heteroatoms. The van der Waals surface area contributed by atoms with E-state index in [1.54, 1.807) is 0 Å². The van der Waals surface area contributed by atoms with Crippen molar-refractivity contribution in [1.82, 2.24) is 0 Å². The molecule has 0 heterocycles. The van der Waals surface area contributed by atoms with Gasteiger partial charge in [-0.2, -0.15) is 0 Å². The zero-order valence-electron chi connectivity index (χ0n) is 7.03. The van der Waals surface area contributed by atoms with E-state index in [1.807, 2.05) is 0 Å². The zero-order valence-corrected chi connectivity index (χ0v) is 7.03. The molecule has 0 atom stereocenters. The van der Waals surface area contributed by atoms with Crippen LogP contribution in [0, 0.1) is 0 Å². The Balaban J connectivity index is 2.23. The lowest BCUT2D eigenvalue weighted by Gasteiger charge is -2.01. The summed E-state index contributed by atoms with van der Waals surface area (Å²) in [6.45, 7) is 0. The van der Waals surface area contributed by atoms with Crippen LogP contribution in [0.2, 0.25) is 0 Å². The van der Waals surface area contributed by atoms with E-state index < -0.39 is 0 Å². The molecule has 2 rings (SSSR count). The highest BCUT2D eigenvalue weighted by Crippen LogP contribution is 2.22. The first-order chi connectivity index (χ1) is 5.97. The van der Waals surface area contributed by atoms with Crippen LogP contribution in [-0.4, -0.2) is 0 Å². The van der Waals surface area contributed by atoms with Crippen LogP contribution >= 0.6 is 0 Å². The minimum Gasteiger partial charge on any atom is -0.0801 e. The van der Waals surface area contributed by atoms with Gasteiger partial charge in [0, 0.05) is 0 Å². The summed E-state index contributed by atoms with van der Waals surface area (Å²) in [6, 6.07) is 0. The third-order valence-corrected chi connectivity index (χ3v) is 2.14. The largest absolute Gasteiger partial charge is 0.0801 e. The van der Waals surface area contributed by atoms with Crippen LogP contribution in [0.25, 0.3) is 0 Å². The Kier molecular flexibility index (Phi) is 2.08. The first-order valence-corrected chi connectivity index (χ1v) is 4.36. The highest BCUT2D eigenvalue weighted by molar-refractivity contribution is 5.46. The van der Waals surface area contributed by atoms with Crippen molar-refractivity contribution in [3.63, 3.8) is 0 Å². The lowest BCUT2D eigenvalue weighted by molar-refractivity contribution is 1.25. The molecule has 0 aromatic heterocycles. The lowest BCUT2D eigenvalue weighted by atomic mass is 10.0. The van der Waals surface area contributed by atoms with Crippen molar-refractivity contribution < 1.29 is 0 Å². The van der Waals surface area contributed by atoms with Crippen LogP contribution in [0.3, 0.4) is 0 Å². The zero-order chi connectivity index (χ0) is 8.23. The summed E-state index contributed by atoms with van der Waals surface area (Å²) >= 11 is 0. The molecule has 60 valence electrons. The van der Waals surface area contributed by atoms with Crippen molar-refractivity contribution in [2.45, 2.75) is 12.8 Å². The molecule has 0 bridgehead atoms. The lowest BCUT2D eigenvalue weighted by Crippen LogP contribution is -1.81. The molecule has 0 radical (unpaired) electrons. The Hall–Kier alpha value is -1.30. The van der Waals surface area contributed by atoms with Gasteiger partial charge in [-0.05, 0) is 24.0 Å². The highest BCUT2D eigenvalue weighted by Gasteiger charge is 2.02. The SMILES string of the molecule is C1=CC=C(C2=CCC=C2)CC=C1. The van der Waals surface area contributed by atoms with E-state index in [1.165, 1.54) is 11.1 Å². The normalized spacial score (nSPS) is 20.7. The van der Waals surface area contributed by atoms with E-state index in [9.17, 15) is 0 Å². The maximum absolute atomic E-state index is 2.28. The second kappa shape index (κ2) is 3.40. The summed E-state index contributed by atoms with van der Waals surface area (Å²) in [7, 11) is 0. The van der Waals surface area contributed by atoms with Crippen LogP contribution < -0.4 is 0 Å². The second-order valence-corrected chi connectivity index (χ2v) is 3.01. The molecule has 0 saturated heterocycles. The van der Waals surface area contributed by atoms with Crippen molar-refractivity contribution in [3.05, 3.63) is 59.8 Å². The van der Waals surface area contributed by atoms with Gasteiger partial charge in [-0.3, -0.25) is 0 Å². The smallest absolute Gasteiger partial charge is 0.00885 e. The molecule has 0 amide bonds. The molecule has 0 aliphatic heterocycles. The third kappa shape index (κ3) is 1.48. The summed E-state index contributed by atoms with van der Waals surface area (Å²) < 4.78 is 0. The van der Waals surface area contributed by atoms with Gasteiger partial charge in [0.2, 0.25) is 0 Å². The molecule has 0 nitrogen and oxygen atoms in total. The molecule has 0 spiro atoms. The fourth-order valence-corrected chi connectivity index (χ4v) is 1.49. The van der Waals surface area contributed by atoms with Gasteiger partial charge in [-0.25, -0.2) is 0 Å². The topological polar surface area (TPSA) is 0 Å². The summed E-state index contributed by atoms with van der Waals surface area (Å²) in [5, 5.41) is 0. The Morgan fingerprint density at radius 1 is 1.00 bits per heavy atom. The van der Waals surface area contributed by atoms with Gasteiger partial charge < -0.3 is 0 Å². The van der Waals surface area contributed by atoms with E-state index in [-0.39, 0.29) is 0 Å². The van der Waals surface area contributed by atoms with E-state index in [4.69, 9.17) is 0 Å². The summed E-state index contributed by atoms with van der Waals surface area (Å²) in [6.07, 6.45) is 19.5. The van der Waals surface area contributed by atoms with Gasteiger partial charge in [0.25, 0.3) is 0 Å². The first kappa shape index (κ1) is 7.35. The average molecular weight is 156 g/mol. The monoisotopic (exact) mass is 156 g/mol. The van der Waals surface area contributed by atoms with E-state index in [0.717, 1.165) is 12.8 Å². The Labute approximate surface area is 73.3 Å². The summed E-state index contributed by atoms with van der Waals surface area (Å²) in [5.74, 6) is 0. The molecule has 0 fully saturated rings. The minimum absolute atomic E-state index is 1.06. The summed E-state index contributed by atoms with van der Waals surface area (Å²) in [5.41, 5.74) is 2.82. The predicted molar refractivity (Wildman–Crippen MR) is 52.8 cm³/mol. The van der Waals surface area contributed by atoms with Gasteiger partial charge in [0.1, 0.15) is 0 Å². The molecule has 0 unspecified atom stereocenters. The van der Waals surface area contributed by atoms with Crippen molar-refractivity contribution in [2.24, 2.45) is 0 Å². The maximum Gasteiger partial charge on any atom is -0.00885 e. The van der Waals surface area contributed by atoms with E-state index in [2.05, 4.69) is 48.6 Å². The van der Waals surface area contributed by atoms with Crippen LogP contribution in [0.1, 0.15) is 12.8 Å². The van der Waals surface area contributed by atoms with Crippen molar-refractivity contribution in [3.8, 4) is 0 Å². The number of hydrogen-bond acceptors (Lipinski definition) is 0. The van der Waals surface area contributed by atoms with Crippen LogP contribution in [0.5, 0.6) is 0 Å². The molecular weight excluding hydrogens is 144 g/mol. The fourth-order valence-electron chi connectivity index (χ4n) is 1.49. The standard InChI is InChI=1S/C12H12/c1-2-4-8-11(7-3-1)12-9-5-6-10-12/h1-5,7,9-10H,6,8H2.